The largest absolute Gasteiger partial charge is 0.510 e. The highest BCUT2D eigenvalue weighted by Crippen LogP contribution is 2.44. The lowest BCUT2D eigenvalue weighted by atomic mass is 9.86. The fourth-order valence-corrected chi connectivity index (χ4v) is 4.50. The van der Waals surface area contributed by atoms with E-state index in [2.05, 4.69) is 0 Å². The summed E-state index contributed by atoms with van der Waals surface area (Å²) < 4.78 is 19.3. The van der Waals surface area contributed by atoms with E-state index in [4.69, 9.17) is 18.9 Å². The smallest absolute Gasteiger partial charge is 0.341 e. The molecule has 0 aromatic heterocycles. The number of benzene rings is 3. The average molecular weight is 533 g/mol. The molecule has 1 aliphatic rings. The molecule has 3 aromatic rings. The number of aliphatic hydroxyl groups excluding tert-OH is 1. The van der Waals surface area contributed by atoms with Gasteiger partial charge in [0, 0.05) is 11.1 Å². The summed E-state index contributed by atoms with van der Waals surface area (Å²) in [5.41, 5.74) is 0.867. The van der Waals surface area contributed by atoms with Gasteiger partial charge < -0.3 is 29.2 Å². The summed E-state index contributed by atoms with van der Waals surface area (Å²) in [4.78, 5) is 49.7. The van der Waals surface area contributed by atoms with Crippen LogP contribution in [0, 0.1) is 5.92 Å². The lowest BCUT2D eigenvalue weighted by Crippen LogP contribution is -2.17. The van der Waals surface area contributed by atoms with E-state index < -0.39 is 41.3 Å². The number of rotatable bonds is 5. The molecule has 0 heterocycles. The molecule has 1 atom stereocenters. The minimum absolute atomic E-state index is 0.000821. The minimum Gasteiger partial charge on any atom is -0.510 e. The summed E-state index contributed by atoms with van der Waals surface area (Å²) in [6.45, 7) is 0. The maximum absolute atomic E-state index is 12.7. The first-order valence-corrected chi connectivity index (χ1v) is 11.5. The van der Waals surface area contributed by atoms with Crippen molar-refractivity contribution < 1.29 is 48.3 Å². The third kappa shape index (κ3) is 4.68. The van der Waals surface area contributed by atoms with Gasteiger partial charge in [-0.3, -0.25) is 4.79 Å². The van der Waals surface area contributed by atoms with Gasteiger partial charge in [-0.05, 0) is 52.2 Å². The van der Waals surface area contributed by atoms with Crippen molar-refractivity contribution in [3.05, 3.63) is 87.7 Å². The SMILES string of the molecule is COC(=O)c1ccc2c(c1)C=CC(C(=O)OC)C(O)=C2c1c(O)c(C(=O)OC)cc2cc(C(=O)OC)ccc12. The van der Waals surface area contributed by atoms with Crippen LogP contribution >= 0.6 is 0 Å². The Morgan fingerprint density at radius 3 is 1.97 bits per heavy atom. The molecular weight excluding hydrogens is 508 g/mol. The maximum atomic E-state index is 12.7. The number of carbonyl (C=O) groups is 4. The molecular formula is C29H24O10. The quantitative estimate of drug-likeness (QED) is 0.365. The van der Waals surface area contributed by atoms with E-state index in [1.54, 1.807) is 0 Å². The Hall–Kier alpha value is -5.12. The van der Waals surface area contributed by atoms with Gasteiger partial charge >= 0.3 is 23.9 Å². The highest BCUT2D eigenvalue weighted by atomic mass is 16.5. The number of methoxy groups -OCH3 is 4. The van der Waals surface area contributed by atoms with Crippen LogP contribution in [0.25, 0.3) is 22.4 Å². The van der Waals surface area contributed by atoms with Gasteiger partial charge in [-0.1, -0.05) is 24.3 Å². The molecule has 10 nitrogen and oxygen atoms in total. The summed E-state index contributed by atoms with van der Waals surface area (Å²) in [5.74, 6) is -5.19. The summed E-state index contributed by atoms with van der Waals surface area (Å²) in [6.07, 6.45) is 2.93. The third-order valence-corrected chi connectivity index (χ3v) is 6.41. The Labute approximate surface area is 222 Å². The molecule has 0 saturated carbocycles. The van der Waals surface area contributed by atoms with Crippen molar-refractivity contribution in [2.24, 2.45) is 5.92 Å². The molecule has 0 saturated heterocycles. The molecule has 39 heavy (non-hydrogen) atoms. The van der Waals surface area contributed by atoms with Crippen LogP contribution in [0.5, 0.6) is 5.75 Å². The summed E-state index contributed by atoms with van der Waals surface area (Å²) in [7, 11) is 4.76. The Balaban J connectivity index is 2.15. The zero-order valence-corrected chi connectivity index (χ0v) is 21.4. The van der Waals surface area contributed by atoms with Crippen LogP contribution in [-0.2, 0) is 23.7 Å². The predicted molar refractivity (Wildman–Crippen MR) is 139 cm³/mol. The number of ether oxygens (including phenoxy) is 4. The van der Waals surface area contributed by atoms with Crippen LogP contribution in [0.4, 0.5) is 0 Å². The molecule has 1 unspecified atom stereocenters. The number of hydrogen-bond donors (Lipinski definition) is 2. The van der Waals surface area contributed by atoms with E-state index in [-0.39, 0.29) is 27.8 Å². The van der Waals surface area contributed by atoms with Crippen LogP contribution < -0.4 is 0 Å². The highest BCUT2D eigenvalue weighted by Gasteiger charge is 2.32. The highest BCUT2D eigenvalue weighted by molar-refractivity contribution is 6.10. The average Bonchev–Trinajstić information content (AvgIpc) is 3.10. The standard InChI is InChI=1S/C29H24O10/c1-36-26(32)15-6-8-18-14(11-15)5-10-20(28(34)38-3)24(30)22(18)23-19-9-7-16(27(33)37-2)12-17(19)13-21(25(23)31)29(35)39-4/h5-13,20,30-31H,1-4H3. The number of phenols is 1. The zero-order chi connectivity index (χ0) is 28.4. The molecule has 200 valence electrons. The Kier molecular flexibility index (Phi) is 7.39. The Bertz CT molecular complexity index is 1600. The molecule has 0 radical (unpaired) electrons. The van der Waals surface area contributed by atoms with Gasteiger partial charge in [0.1, 0.15) is 23.0 Å². The van der Waals surface area contributed by atoms with Crippen molar-refractivity contribution in [3.63, 3.8) is 0 Å². The van der Waals surface area contributed by atoms with E-state index in [0.717, 1.165) is 14.2 Å². The van der Waals surface area contributed by atoms with Crippen molar-refractivity contribution in [1.29, 1.82) is 0 Å². The van der Waals surface area contributed by atoms with Crippen molar-refractivity contribution >= 4 is 46.3 Å². The van der Waals surface area contributed by atoms with Crippen molar-refractivity contribution in [1.82, 2.24) is 0 Å². The van der Waals surface area contributed by atoms with Gasteiger partial charge in [0.05, 0.1) is 39.6 Å². The number of esters is 4. The van der Waals surface area contributed by atoms with Gasteiger partial charge in [0.25, 0.3) is 0 Å². The fraction of sp³-hybridized carbons (Fsp3) is 0.172. The summed E-state index contributed by atoms with van der Waals surface area (Å²) >= 11 is 0. The van der Waals surface area contributed by atoms with Crippen LogP contribution in [0.15, 0.2) is 54.3 Å². The van der Waals surface area contributed by atoms with Crippen molar-refractivity contribution in [3.8, 4) is 5.75 Å². The second-order valence-electron chi connectivity index (χ2n) is 8.48. The van der Waals surface area contributed by atoms with E-state index in [1.165, 1.54) is 68.8 Å². The van der Waals surface area contributed by atoms with E-state index in [0.29, 0.717) is 21.9 Å². The second kappa shape index (κ2) is 10.7. The molecule has 0 fully saturated rings. The van der Waals surface area contributed by atoms with Crippen LogP contribution in [0.1, 0.15) is 47.8 Å². The first-order chi connectivity index (χ1) is 18.7. The first-order valence-electron chi connectivity index (χ1n) is 11.5. The van der Waals surface area contributed by atoms with E-state index >= 15 is 0 Å². The number of hydrogen-bond acceptors (Lipinski definition) is 10. The lowest BCUT2D eigenvalue weighted by molar-refractivity contribution is -0.143. The normalized spacial score (nSPS) is 14.3. The molecule has 0 bridgehead atoms. The lowest BCUT2D eigenvalue weighted by Gasteiger charge is -2.20. The number of aliphatic hydroxyl groups is 1. The van der Waals surface area contributed by atoms with Crippen molar-refractivity contribution in [2.45, 2.75) is 0 Å². The van der Waals surface area contributed by atoms with E-state index in [1.807, 2.05) is 0 Å². The maximum Gasteiger partial charge on any atom is 0.341 e. The number of fused-ring (bicyclic) bond motifs is 2. The molecule has 0 aliphatic heterocycles. The topological polar surface area (TPSA) is 146 Å². The summed E-state index contributed by atoms with van der Waals surface area (Å²) in [6, 6.07) is 10.3. The van der Waals surface area contributed by atoms with Gasteiger partial charge in [0.15, 0.2) is 0 Å². The number of phenolic OH excluding ortho intramolecular Hbond substituents is 1. The first kappa shape index (κ1) is 26.9. The Morgan fingerprint density at radius 2 is 1.36 bits per heavy atom. The van der Waals surface area contributed by atoms with Crippen molar-refractivity contribution in [2.75, 3.05) is 28.4 Å². The number of carbonyl (C=O) groups excluding carboxylic acids is 4. The zero-order valence-electron chi connectivity index (χ0n) is 21.4. The predicted octanol–water partition coefficient (Wildman–Crippen LogP) is 4.04. The molecule has 0 amide bonds. The van der Waals surface area contributed by atoms with Crippen LogP contribution in [0.2, 0.25) is 0 Å². The molecule has 2 N–H and O–H groups in total. The second-order valence-corrected chi connectivity index (χ2v) is 8.48. The van der Waals surface area contributed by atoms with Crippen LogP contribution in [0.3, 0.4) is 0 Å². The van der Waals surface area contributed by atoms with Crippen LogP contribution in [-0.4, -0.2) is 62.5 Å². The van der Waals surface area contributed by atoms with E-state index in [9.17, 15) is 29.4 Å². The van der Waals surface area contributed by atoms with Gasteiger partial charge in [0.2, 0.25) is 0 Å². The Morgan fingerprint density at radius 1 is 0.744 bits per heavy atom. The molecule has 10 heteroatoms. The van der Waals surface area contributed by atoms with Gasteiger partial charge in [-0.2, -0.15) is 0 Å². The van der Waals surface area contributed by atoms with Gasteiger partial charge in [-0.25, -0.2) is 14.4 Å². The molecule has 0 spiro atoms. The monoisotopic (exact) mass is 532 g/mol. The number of aromatic hydroxyl groups is 1. The summed E-state index contributed by atoms with van der Waals surface area (Å²) in [5, 5.41) is 23.6. The molecule has 4 rings (SSSR count). The van der Waals surface area contributed by atoms with Gasteiger partial charge in [-0.15, -0.1) is 0 Å². The third-order valence-electron chi connectivity index (χ3n) is 6.41. The fourth-order valence-electron chi connectivity index (χ4n) is 4.50. The minimum atomic E-state index is -1.29. The molecule has 1 aliphatic carbocycles. The molecule has 3 aromatic carbocycles.